The van der Waals surface area contributed by atoms with Crippen molar-refractivity contribution in [2.45, 2.75) is 27.2 Å². The van der Waals surface area contributed by atoms with Crippen molar-refractivity contribution in [3.05, 3.63) is 0 Å². The number of ketones is 3. The van der Waals surface area contributed by atoms with Gasteiger partial charge in [-0.1, -0.05) is 0 Å². The fourth-order valence-electron chi connectivity index (χ4n) is 0.600. The number of carbonyl (C=O) groups excluding carboxylic acids is 3. The fourth-order valence-corrected chi connectivity index (χ4v) is 0.600. The van der Waals surface area contributed by atoms with E-state index in [1.165, 1.54) is 13.8 Å². The average Bonchev–Trinajstić information content (AvgIpc) is 1.83. The third-order valence-corrected chi connectivity index (χ3v) is 0.924. The molecule has 0 aliphatic carbocycles. The van der Waals surface area contributed by atoms with Crippen LogP contribution in [0.25, 0.3) is 0 Å². The lowest BCUT2D eigenvalue weighted by atomic mass is 10.2. The predicted molar refractivity (Wildman–Crippen MR) is 50.6 cm³/mol. The van der Waals surface area contributed by atoms with Gasteiger partial charge < -0.3 is 5.32 Å². The zero-order valence-corrected chi connectivity index (χ0v) is 8.64. The molecule has 4 heteroatoms. The highest BCUT2D eigenvalue weighted by Crippen LogP contribution is 1.80. The van der Waals surface area contributed by atoms with E-state index in [1.54, 1.807) is 14.0 Å². The van der Waals surface area contributed by atoms with Crippen LogP contribution in [-0.2, 0) is 14.4 Å². The van der Waals surface area contributed by atoms with Gasteiger partial charge in [0.15, 0.2) is 0 Å². The van der Waals surface area contributed by atoms with Gasteiger partial charge in [0.25, 0.3) is 0 Å². The Labute approximate surface area is 78.7 Å². The molecule has 0 saturated heterocycles. The average molecular weight is 187 g/mol. The van der Waals surface area contributed by atoms with Crippen LogP contribution >= 0.6 is 0 Å². The third-order valence-electron chi connectivity index (χ3n) is 0.924. The second kappa shape index (κ2) is 9.06. The van der Waals surface area contributed by atoms with Crippen molar-refractivity contribution in [3.63, 3.8) is 0 Å². The van der Waals surface area contributed by atoms with E-state index in [0.717, 1.165) is 0 Å². The molecule has 0 rings (SSSR count). The van der Waals surface area contributed by atoms with Crippen molar-refractivity contribution < 1.29 is 14.4 Å². The summed E-state index contributed by atoms with van der Waals surface area (Å²) >= 11 is 0. The highest BCUT2D eigenvalue weighted by atomic mass is 16.1. The number of rotatable bonds is 4. The van der Waals surface area contributed by atoms with E-state index in [-0.39, 0.29) is 23.8 Å². The minimum absolute atomic E-state index is 0.0625. The zero-order valence-electron chi connectivity index (χ0n) is 8.64. The summed E-state index contributed by atoms with van der Waals surface area (Å²) in [5.41, 5.74) is 0. The summed E-state index contributed by atoms with van der Waals surface area (Å²) in [4.78, 5) is 30.0. The Morgan fingerprint density at radius 1 is 0.923 bits per heavy atom. The van der Waals surface area contributed by atoms with E-state index in [4.69, 9.17) is 0 Å². The first-order valence-corrected chi connectivity index (χ1v) is 4.03. The smallest absolute Gasteiger partial charge is 0.143 e. The van der Waals surface area contributed by atoms with E-state index in [1.807, 2.05) is 0 Å². The van der Waals surface area contributed by atoms with Gasteiger partial charge in [-0.25, -0.2) is 0 Å². The van der Waals surface area contributed by atoms with Crippen LogP contribution < -0.4 is 5.32 Å². The van der Waals surface area contributed by atoms with Gasteiger partial charge >= 0.3 is 0 Å². The van der Waals surface area contributed by atoms with Crippen molar-refractivity contribution in [2.75, 3.05) is 13.6 Å². The van der Waals surface area contributed by atoms with Gasteiger partial charge in [0, 0.05) is 0 Å². The molecule has 13 heavy (non-hydrogen) atoms. The van der Waals surface area contributed by atoms with E-state index in [9.17, 15) is 14.4 Å². The Morgan fingerprint density at radius 2 is 1.31 bits per heavy atom. The van der Waals surface area contributed by atoms with Crippen LogP contribution in [0.2, 0.25) is 0 Å². The van der Waals surface area contributed by atoms with Crippen molar-refractivity contribution in [1.82, 2.24) is 5.32 Å². The van der Waals surface area contributed by atoms with Gasteiger partial charge in [0.1, 0.15) is 17.3 Å². The molecule has 1 N–H and O–H groups in total. The topological polar surface area (TPSA) is 63.2 Å². The largest absolute Gasteiger partial charge is 0.313 e. The van der Waals surface area contributed by atoms with Gasteiger partial charge in [0.2, 0.25) is 0 Å². The van der Waals surface area contributed by atoms with Gasteiger partial charge in [-0.2, -0.15) is 0 Å². The van der Waals surface area contributed by atoms with E-state index in [2.05, 4.69) is 5.32 Å². The van der Waals surface area contributed by atoms with Crippen LogP contribution in [-0.4, -0.2) is 30.9 Å². The molecule has 0 amide bonds. The molecule has 0 aromatic rings. The Balaban J connectivity index is 0. The molecule has 0 unspecified atom stereocenters. The first-order chi connectivity index (χ1) is 5.90. The molecule has 0 spiro atoms. The summed E-state index contributed by atoms with van der Waals surface area (Å²) in [6, 6.07) is 0. The maximum absolute atomic E-state index is 10.0. The molecular formula is C9H17NO3. The lowest BCUT2D eigenvalue weighted by Gasteiger charge is -1.85. The predicted octanol–water partition coefficient (Wildman–Crippen LogP) is 0.349. The molecule has 4 nitrogen and oxygen atoms in total. The number of Topliss-reactive ketones (excluding diaryl/α,β-unsaturated/α-hetero) is 3. The van der Waals surface area contributed by atoms with Crippen LogP contribution in [0, 0.1) is 0 Å². The summed E-state index contributed by atoms with van der Waals surface area (Å²) < 4.78 is 0. The monoisotopic (exact) mass is 187 g/mol. The van der Waals surface area contributed by atoms with Gasteiger partial charge in [0.05, 0.1) is 13.0 Å². The molecule has 76 valence electrons. The van der Waals surface area contributed by atoms with Crippen LogP contribution in [0.4, 0.5) is 0 Å². The Bertz CT molecular complexity index is 175. The minimum Gasteiger partial charge on any atom is -0.313 e. The molecule has 0 radical (unpaired) electrons. The normalized spacial score (nSPS) is 8.31. The summed E-state index contributed by atoms with van der Waals surface area (Å²) in [6.07, 6.45) is 0.0833. The first-order valence-electron chi connectivity index (χ1n) is 4.03. The van der Waals surface area contributed by atoms with Gasteiger partial charge in [-0.3, -0.25) is 14.4 Å². The molecule has 0 aromatic heterocycles. The van der Waals surface area contributed by atoms with Crippen LogP contribution in [0.3, 0.4) is 0 Å². The summed E-state index contributed by atoms with van der Waals surface area (Å²) in [5.74, 6) is 0.0532. The second-order valence-corrected chi connectivity index (χ2v) is 2.81. The third kappa shape index (κ3) is 24.8. The molecule has 0 aliphatic heterocycles. The van der Waals surface area contributed by atoms with Crippen LogP contribution in [0.15, 0.2) is 0 Å². The summed E-state index contributed by atoms with van der Waals surface area (Å²) in [6.45, 7) is 4.85. The molecule has 0 heterocycles. The van der Waals surface area contributed by atoms with Gasteiger partial charge in [-0.15, -0.1) is 0 Å². The standard InChI is InChI=1S/C5H8O2.C4H9NO/c1-4(6)3-5(2)7;1-4(6)3-5-2/h3H2,1-2H3;5H,3H2,1-2H3. The van der Waals surface area contributed by atoms with Crippen molar-refractivity contribution in [2.24, 2.45) is 0 Å². The highest BCUT2D eigenvalue weighted by molar-refractivity contribution is 5.96. The van der Waals surface area contributed by atoms with E-state index < -0.39 is 0 Å². The van der Waals surface area contributed by atoms with Crippen molar-refractivity contribution in [3.8, 4) is 0 Å². The van der Waals surface area contributed by atoms with Gasteiger partial charge in [-0.05, 0) is 27.8 Å². The lowest BCUT2D eigenvalue weighted by molar-refractivity contribution is -0.124. The summed E-state index contributed by atoms with van der Waals surface area (Å²) in [5, 5.41) is 2.72. The second-order valence-electron chi connectivity index (χ2n) is 2.81. The summed E-state index contributed by atoms with van der Waals surface area (Å²) in [7, 11) is 1.75. The van der Waals surface area contributed by atoms with Crippen LogP contribution in [0.1, 0.15) is 27.2 Å². The van der Waals surface area contributed by atoms with Crippen molar-refractivity contribution in [1.29, 1.82) is 0 Å². The zero-order chi connectivity index (χ0) is 10.9. The number of hydrogen-bond acceptors (Lipinski definition) is 4. The molecule has 0 aliphatic rings. The number of nitrogens with one attached hydrogen (secondary N) is 1. The fraction of sp³-hybridized carbons (Fsp3) is 0.667. The number of likely N-dealkylation sites (N-methyl/N-ethyl adjacent to an activating group) is 1. The molecule has 0 bridgehead atoms. The maximum Gasteiger partial charge on any atom is 0.143 e. The highest BCUT2D eigenvalue weighted by Gasteiger charge is 1.94. The Morgan fingerprint density at radius 3 is 1.31 bits per heavy atom. The quantitative estimate of drug-likeness (QED) is 0.645. The first kappa shape index (κ1) is 14.5. The van der Waals surface area contributed by atoms with E-state index in [0.29, 0.717) is 6.54 Å². The van der Waals surface area contributed by atoms with E-state index >= 15 is 0 Å². The van der Waals surface area contributed by atoms with Crippen molar-refractivity contribution >= 4 is 17.3 Å². The molecule has 0 atom stereocenters. The maximum atomic E-state index is 10.0. The molecule has 0 saturated carbocycles. The Kier molecular flexibility index (Phi) is 10.1. The Hall–Kier alpha value is -1.03. The minimum atomic E-state index is -0.0625. The molecular weight excluding hydrogens is 170 g/mol. The lowest BCUT2D eigenvalue weighted by Crippen LogP contribution is -2.14. The molecule has 0 fully saturated rings. The SMILES string of the molecule is CC(=O)CC(C)=O.CNCC(C)=O. The number of carbonyl (C=O) groups is 3. The van der Waals surface area contributed by atoms with Crippen LogP contribution in [0.5, 0.6) is 0 Å². The number of hydrogen-bond donors (Lipinski definition) is 1. The molecule has 0 aromatic carbocycles.